The van der Waals surface area contributed by atoms with E-state index >= 15 is 0 Å². The van der Waals surface area contributed by atoms with Gasteiger partial charge in [0.1, 0.15) is 18.4 Å². The third-order valence-electron chi connectivity index (χ3n) is 6.92. The van der Waals surface area contributed by atoms with Crippen LogP contribution in [0, 0.1) is 5.82 Å². The summed E-state index contributed by atoms with van der Waals surface area (Å²) in [6, 6.07) is 5.83. The normalized spacial score (nSPS) is 17.7. The Kier molecular flexibility index (Phi) is 7.89. The van der Waals surface area contributed by atoms with E-state index in [1.165, 1.54) is 29.9 Å². The fourth-order valence-electron chi connectivity index (χ4n) is 5.04. The van der Waals surface area contributed by atoms with Crippen molar-refractivity contribution in [2.24, 2.45) is 0 Å². The van der Waals surface area contributed by atoms with E-state index in [9.17, 15) is 27.2 Å². The Morgan fingerprint density at radius 2 is 1.90 bits per heavy atom. The van der Waals surface area contributed by atoms with Crippen LogP contribution in [-0.2, 0) is 27.0 Å². The highest BCUT2D eigenvalue weighted by atomic mass is 32.2. The number of hydrogen-bond donors (Lipinski definition) is 0. The quantitative estimate of drug-likeness (QED) is 0.247. The minimum absolute atomic E-state index is 0.0574. The number of piperazine rings is 1. The van der Waals surface area contributed by atoms with Crippen molar-refractivity contribution in [3.05, 3.63) is 64.9 Å². The smallest absolute Gasteiger partial charge is 0.359 e. The number of methoxy groups -OCH3 is 1. The Hall–Kier alpha value is -3.42. The number of hydrogen-bond acceptors (Lipinski definition) is 7. The van der Waals surface area contributed by atoms with Gasteiger partial charge >= 0.3 is 11.9 Å². The van der Waals surface area contributed by atoms with Crippen LogP contribution in [0.4, 0.5) is 23.4 Å². The molecule has 40 heavy (non-hydrogen) atoms. The number of alkyl halides is 3. The largest absolute Gasteiger partial charge is 0.417 e. The summed E-state index contributed by atoms with van der Waals surface area (Å²) in [5.74, 6) is -0.464. The number of amides is 1. The van der Waals surface area contributed by atoms with Gasteiger partial charge in [-0.05, 0) is 29.8 Å². The van der Waals surface area contributed by atoms with Gasteiger partial charge in [0.25, 0.3) is 0 Å². The van der Waals surface area contributed by atoms with Gasteiger partial charge in [-0.25, -0.2) is 9.18 Å². The molecule has 8 nitrogen and oxygen atoms in total. The van der Waals surface area contributed by atoms with Crippen molar-refractivity contribution in [1.29, 1.82) is 0 Å². The molecule has 1 aromatic heterocycles. The summed E-state index contributed by atoms with van der Waals surface area (Å²) in [5, 5.41) is 0.163. The fourth-order valence-corrected chi connectivity index (χ4v) is 6.32. The first-order valence-corrected chi connectivity index (χ1v) is 13.4. The highest BCUT2D eigenvalue weighted by molar-refractivity contribution is 7.99. The second-order valence-corrected chi connectivity index (χ2v) is 10.4. The number of halogens is 4. The van der Waals surface area contributed by atoms with Crippen LogP contribution in [0.1, 0.15) is 5.56 Å². The van der Waals surface area contributed by atoms with Gasteiger partial charge in [0.05, 0.1) is 23.7 Å². The molecule has 2 aliphatic heterocycles. The molecular formula is C27H26F4N4O4S. The van der Waals surface area contributed by atoms with Crippen LogP contribution in [0.25, 0.3) is 22.0 Å². The number of benzene rings is 2. The molecule has 3 heterocycles. The summed E-state index contributed by atoms with van der Waals surface area (Å²) in [5.41, 5.74) is -1.21. The molecule has 0 radical (unpaired) electrons. The topological polar surface area (TPSA) is 76.9 Å². The van der Waals surface area contributed by atoms with Crippen molar-refractivity contribution in [3.63, 3.8) is 0 Å². The molecule has 0 aliphatic carbocycles. The van der Waals surface area contributed by atoms with E-state index in [-0.39, 0.29) is 65.3 Å². The molecule has 212 valence electrons. The highest BCUT2D eigenvalue weighted by Gasteiger charge is 2.38. The van der Waals surface area contributed by atoms with Crippen LogP contribution in [0.3, 0.4) is 0 Å². The Bertz CT molecular complexity index is 1500. The van der Waals surface area contributed by atoms with Gasteiger partial charge in [-0.3, -0.25) is 9.36 Å². The number of aromatic nitrogens is 2. The molecule has 1 amide bonds. The second kappa shape index (κ2) is 11.2. The van der Waals surface area contributed by atoms with Crippen molar-refractivity contribution in [3.8, 4) is 11.1 Å². The summed E-state index contributed by atoms with van der Waals surface area (Å²) >= 11 is 1.14. The molecule has 3 aromatic rings. The molecule has 0 unspecified atom stereocenters. The summed E-state index contributed by atoms with van der Waals surface area (Å²) in [4.78, 5) is 33.3. The Morgan fingerprint density at radius 3 is 2.52 bits per heavy atom. The van der Waals surface area contributed by atoms with E-state index in [0.29, 0.717) is 18.6 Å². The van der Waals surface area contributed by atoms with Crippen LogP contribution in [0.5, 0.6) is 0 Å². The van der Waals surface area contributed by atoms with Crippen molar-refractivity contribution in [1.82, 2.24) is 14.5 Å². The molecule has 13 heteroatoms. The lowest BCUT2D eigenvalue weighted by Crippen LogP contribution is -2.49. The number of carbonyl (C=O) groups is 1. The summed E-state index contributed by atoms with van der Waals surface area (Å²) in [6.07, 6.45) is -4.10. The maximum absolute atomic E-state index is 14.7. The summed E-state index contributed by atoms with van der Waals surface area (Å²) in [6.45, 7) is 4.63. The van der Waals surface area contributed by atoms with E-state index in [4.69, 9.17) is 9.47 Å². The maximum Gasteiger partial charge on any atom is 0.417 e. The average molecular weight is 579 g/mol. The first kappa shape index (κ1) is 28.1. The zero-order chi connectivity index (χ0) is 28.6. The predicted molar refractivity (Wildman–Crippen MR) is 143 cm³/mol. The van der Waals surface area contributed by atoms with Gasteiger partial charge < -0.3 is 19.3 Å². The lowest BCUT2D eigenvalue weighted by Gasteiger charge is -2.35. The third kappa shape index (κ3) is 5.32. The molecule has 2 aliphatic rings. The van der Waals surface area contributed by atoms with Crippen molar-refractivity contribution in [2.45, 2.75) is 23.7 Å². The third-order valence-corrected chi connectivity index (χ3v) is 8.15. The number of rotatable bonds is 6. The minimum Gasteiger partial charge on any atom is -0.359 e. The second-order valence-electron chi connectivity index (χ2n) is 9.38. The summed E-state index contributed by atoms with van der Waals surface area (Å²) < 4.78 is 69.8. The van der Waals surface area contributed by atoms with E-state index in [0.717, 1.165) is 30.0 Å². The van der Waals surface area contributed by atoms with E-state index in [1.807, 2.05) is 0 Å². The highest BCUT2D eigenvalue weighted by Crippen LogP contribution is 2.48. The average Bonchev–Trinajstić information content (AvgIpc) is 3.14. The van der Waals surface area contributed by atoms with Gasteiger partial charge in [0.15, 0.2) is 0 Å². The maximum atomic E-state index is 14.7. The van der Waals surface area contributed by atoms with Crippen LogP contribution >= 0.6 is 11.8 Å². The van der Waals surface area contributed by atoms with E-state index < -0.39 is 29.4 Å². The van der Waals surface area contributed by atoms with Gasteiger partial charge in [-0.15, -0.1) is 11.8 Å². The molecule has 0 bridgehead atoms. The number of carbonyl (C=O) groups excluding carboxylic acids is 1. The Morgan fingerprint density at radius 1 is 1.20 bits per heavy atom. The minimum atomic E-state index is -4.76. The number of thioether (sulfide) groups is 1. The Labute approximate surface area is 231 Å². The standard InChI is InChI=1S/C27H26F4N4O4S/c1-3-21(36)33-8-10-34(11-9-33)25-19-12-20(27(29,30)31)22(16-4-6-17(28)7-5-16)24-23(19)35(26(37)32-25)13-18(14-40-24)39-15-38-2/h3-7,12,18H,1,8-11,13-15H2,2H3/t18-/m0/s1. The van der Waals surface area contributed by atoms with E-state index in [1.54, 1.807) is 9.80 Å². The van der Waals surface area contributed by atoms with Crippen molar-refractivity contribution < 1.29 is 31.8 Å². The molecule has 1 fully saturated rings. The number of anilines is 1. The fraction of sp³-hybridized carbons (Fsp3) is 0.370. The first-order chi connectivity index (χ1) is 19.1. The molecule has 1 atom stereocenters. The number of ether oxygens (including phenoxy) is 2. The lowest BCUT2D eigenvalue weighted by molar-refractivity contribution is -0.137. The van der Waals surface area contributed by atoms with Gasteiger partial charge in [0.2, 0.25) is 5.91 Å². The van der Waals surface area contributed by atoms with Gasteiger partial charge in [0, 0.05) is 54.9 Å². The summed E-state index contributed by atoms with van der Waals surface area (Å²) in [7, 11) is 1.45. The molecule has 0 saturated carbocycles. The molecule has 1 saturated heterocycles. The molecule has 0 spiro atoms. The zero-order valence-corrected chi connectivity index (χ0v) is 22.4. The molecular weight excluding hydrogens is 552 g/mol. The molecule has 0 N–H and O–H groups in total. The number of nitrogens with zero attached hydrogens (tertiary/aromatic N) is 4. The molecule has 5 rings (SSSR count). The van der Waals surface area contributed by atoms with Crippen molar-refractivity contribution >= 4 is 34.4 Å². The molecule has 2 aromatic carbocycles. The SMILES string of the molecule is C=CC(=O)N1CCN(c2nc(=O)n3c4c(c(-c5ccc(F)cc5)c(C(F)(F)F)cc24)SC[C@@H](OCOC)C3)CC1. The first-order valence-electron chi connectivity index (χ1n) is 12.5. The van der Waals surface area contributed by atoms with E-state index in [2.05, 4.69) is 11.6 Å². The van der Waals surface area contributed by atoms with Gasteiger partial charge in [-0.2, -0.15) is 18.2 Å². The van der Waals surface area contributed by atoms with Crippen LogP contribution in [-0.4, -0.2) is 72.3 Å². The Balaban J connectivity index is 1.76. The lowest BCUT2D eigenvalue weighted by atomic mass is 9.96. The predicted octanol–water partition coefficient (Wildman–Crippen LogP) is 4.15. The van der Waals surface area contributed by atoms with Crippen LogP contribution in [0.15, 0.2) is 52.7 Å². The van der Waals surface area contributed by atoms with Crippen LogP contribution in [0.2, 0.25) is 0 Å². The van der Waals surface area contributed by atoms with Crippen molar-refractivity contribution in [2.75, 3.05) is 50.7 Å². The van der Waals surface area contributed by atoms with Crippen LogP contribution < -0.4 is 10.6 Å². The zero-order valence-electron chi connectivity index (χ0n) is 21.5. The monoisotopic (exact) mass is 578 g/mol. The van der Waals surface area contributed by atoms with Gasteiger partial charge in [-0.1, -0.05) is 18.7 Å².